The number of benzene rings is 4. The molecule has 0 unspecified atom stereocenters. The molecule has 4 nitrogen and oxygen atoms in total. The van der Waals surface area contributed by atoms with Gasteiger partial charge in [0.05, 0.1) is 12.2 Å². The summed E-state index contributed by atoms with van der Waals surface area (Å²) in [5.74, 6) is -0.314. The molecule has 0 aliphatic rings. The molecule has 28 heavy (non-hydrogen) atoms. The van der Waals surface area contributed by atoms with E-state index in [1.807, 2.05) is 66.7 Å². The molecular weight excluding hydrogens is 352 g/mol. The lowest BCUT2D eigenvalue weighted by molar-refractivity contribution is 0.0698. The Bertz CT molecular complexity index is 1160. The molecule has 0 fully saturated rings. The number of fused-ring (bicyclic) bond motifs is 2. The van der Waals surface area contributed by atoms with Gasteiger partial charge in [-0.3, -0.25) is 0 Å². The molecule has 4 aromatic carbocycles. The molecule has 140 valence electrons. The smallest absolute Gasteiger partial charge is 0.336 e. The Morgan fingerprint density at radius 2 is 1.39 bits per heavy atom. The van der Waals surface area contributed by atoms with Crippen molar-refractivity contribution in [2.75, 3.05) is 20.3 Å². The molecule has 0 aliphatic heterocycles. The maximum Gasteiger partial charge on any atom is 0.336 e. The second-order valence-corrected chi connectivity index (χ2v) is 6.52. The van der Waals surface area contributed by atoms with Gasteiger partial charge in [-0.15, -0.1) is 0 Å². The molecule has 0 heterocycles. The molecule has 0 aromatic heterocycles. The van der Waals surface area contributed by atoms with Gasteiger partial charge in [-0.2, -0.15) is 0 Å². The van der Waals surface area contributed by atoms with Crippen LogP contribution in [0.3, 0.4) is 0 Å². The van der Waals surface area contributed by atoms with Crippen LogP contribution in [0.15, 0.2) is 72.8 Å². The van der Waals surface area contributed by atoms with Gasteiger partial charge in [0, 0.05) is 18.2 Å². The molecular formula is C24H20O4. The van der Waals surface area contributed by atoms with E-state index >= 15 is 0 Å². The molecule has 0 saturated heterocycles. The number of ether oxygens (including phenoxy) is 2. The number of methoxy groups -OCH3 is 1. The van der Waals surface area contributed by atoms with Gasteiger partial charge in [0.15, 0.2) is 0 Å². The fourth-order valence-electron chi connectivity index (χ4n) is 3.58. The standard InChI is InChI=1S/C24H20O4/c1-27-14-15-28-21-13-11-17-7-3-5-9-19(17)23(21)22-18-8-4-2-6-16(18)10-12-20(22)24(25)26/h2-13H,14-15H2,1H3,(H,25,26). The van der Waals surface area contributed by atoms with Crippen LogP contribution >= 0.6 is 0 Å². The van der Waals surface area contributed by atoms with Crippen molar-refractivity contribution >= 4 is 27.5 Å². The van der Waals surface area contributed by atoms with E-state index in [9.17, 15) is 9.90 Å². The molecule has 0 aliphatic carbocycles. The Morgan fingerprint density at radius 3 is 2.04 bits per heavy atom. The summed E-state index contributed by atoms with van der Waals surface area (Å²) in [6, 6.07) is 23.2. The molecule has 0 saturated carbocycles. The predicted octanol–water partition coefficient (Wildman–Crippen LogP) is 5.38. The molecule has 0 spiro atoms. The summed E-state index contributed by atoms with van der Waals surface area (Å²) >= 11 is 0. The van der Waals surface area contributed by atoms with E-state index in [4.69, 9.17) is 9.47 Å². The minimum Gasteiger partial charge on any atom is -0.491 e. The second kappa shape index (κ2) is 7.71. The average molecular weight is 372 g/mol. The molecule has 1 N–H and O–H groups in total. The fraction of sp³-hybridized carbons (Fsp3) is 0.125. The minimum absolute atomic E-state index is 0.256. The van der Waals surface area contributed by atoms with E-state index in [-0.39, 0.29) is 5.56 Å². The number of rotatable bonds is 6. The van der Waals surface area contributed by atoms with E-state index in [1.54, 1.807) is 13.2 Å². The first-order valence-corrected chi connectivity index (χ1v) is 9.09. The van der Waals surface area contributed by atoms with Crippen LogP contribution in [0.5, 0.6) is 5.75 Å². The maximum absolute atomic E-state index is 12.1. The molecule has 0 amide bonds. The average Bonchev–Trinajstić information content (AvgIpc) is 2.73. The first-order valence-electron chi connectivity index (χ1n) is 9.09. The van der Waals surface area contributed by atoms with Crippen molar-refractivity contribution in [3.05, 3.63) is 78.4 Å². The SMILES string of the molecule is COCCOc1ccc2ccccc2c1-c1c(C(=O)O)ccc2ccccc12. The Morgan fingerprint density at radius 1 is 0.786 bits per heavy atom. The Balaban J connectivity index is 2.09. The minimum atomic E-state index is -0.962. The van der Waals surface area contributed by atoms with Gasteiger partial charge in [0.2, 0.25) is 0 Å². The van der Waals surface area contributed by atoms with Crippen LogP contribution in [0.1, 0.15) is 10.4 Å². The zero-order valence-electron chi connectivity index (χ0n) is 15.5. The Labute approximate surface area is 162 Å². The highest BCUT2D eigenvalue weighted by atomic mass is 16.5. The van der Waals surface area contributed by atoms with Crippen molar-refractivity contribution in [1.29, 1.82) is 0 Å². The van der Waals surface area contributed by atoms with E-state index in [0.29, 0.717) is 24.5 Å². The lowest BCUT2D eigenvalue weighted by Gasteiger charge is -2.18. The van der Waals surface area contributed by atoms with Crippen molar-refractivity contribution < 1.29 is 19.4 Å². The maximum atomic E-state index is 12.1. The van der Waals surface area contributed by atoms with Crippen LogP contribution in [0.2, 0.25) is 0 Å². The van der Waals surface area contributed by atoms with Crippen LogP contribution < -0.4 is 4.74 Å². The molecule has 4 aromatic rings. The highest BCUT2D eigenvalue weighted by molar-refractivity contribution is 6.14. The van der Waals surface area contributed by atoms with Gasteiger partial charge >= 0.3 is 5.97 Å². The van der Waals surface area contributed by atoms with Crippen molar-refractivity contribution in [1.82, 2.24) is 0 Å². The highest BCUT2D eigenvalue weighted by Gasteiger charge is 2.20. The monoisotopic (exact) mass is 372 g/mol. The molecule has 4 rings (SSSR count). The van der Waals surface area contributed by atoms with Crippen molar-refractivity contribution in [3.63, 3.8) is 0 Å². The Kier molecular flexibility index (Phi) is 4.96. The van der Waals surface area contributed by atoms with E-state index in [0.717, 1.165) is 27.1 Å². The van der Waals surface area contributed by atoms with Gasteiger partial charge in [-0.05, 0) is 33.7 Å². The first-order chi connectivity index (χ1) is 13.7. The van der Waals surface area contributed by atoms with Crippen LogP contribution in [-0.4, -0.2) is 31.4 Å². The summed E-state index contributed by atoms with van der Waals surface area (Å²) in [7, 11) is 1.62. The predicted molar refractivity (Wildman–Crippen MR) is 111 cm³/mol. The summed E-state index contributed by atoms with van der Waals surface area (Å²) in [5, 5.41) is 13.8. The number of aromatic carboxylic acids is 1. The van der Waals surface area contributed by atoms with Gasteiger partial charge in [-0.25, -0.2) is 4.79 Å². The summed E-state index contributed by atoms with van der Waals surface area (Å²) in [5.41, 5.74) is 1.73. The highest BCUT2D eigenvalue weighted by Crippen LogP contribution is 2.42. The number of hydrogen-bond acceptors (Lipinski definition) is 3. The number of carboxylic acid groups (broad SMARTS) is 1. The summed E-state index contributed by atoms with van der Waals surface area (Å²) in [6.45, 7) is 0.836. The largest absolute Gasteiger partial charge is 0.491 e. The van der Waals surface area contributed by atoms with Gasteiger partial charge in [0.1, 0.15) is 12.4 Å². The lowest BCUT2D eigenvalue weighted by atomic mass is 9.89. The normalized spacial score (nSPS) is 11.0. The number of carbonyl (C=O) groups is 1. The van der Waals surface area contributed by atoms with E-state index in [2.05, 4.69) is 0 Å². The quantitative estimate of drug-likeness (QED) is 0.462. The van der Waals surface area contributed by atoms with E-state index < -0.39 is 5.97 Å². The summed E-state index contributed by atoms with van der Waals surface area (Å²) < 4.78 is 11.1. The zero-order valence-corrected chi connectivity index (χ0v) is 15.5. The van der Waals surface area contributed by atoms with Gasteiger partial charge < -0.3 is 14.6 Å². The van der Waals surface area contributed by atoms with Crippen LogP contribution in [0.25, 0.3) is 32.7 Å². The van der Waals surface area contributed by atoms with Crippen molar-refractivity contribution in [3.8, 4) is 16.9 Å². The summed E-state index contributed by atoms with van der Waals surface area (Å²) in [4.78, 5) is 12.1. The van der Waals surface area contributed by atoms with E-state index in [1.165, 1.54) is 0 Å². The third-order valence-electron chi connectivity index (χ3n) is 4.85. The summed E-state index contributed by atoms with van der Waals surface area (Å²) in [6.07, 6.45) is 0. The Hall–Kier alpha value is -3.37. The number of hydrogen-bond donors (Lipinski definition) is 1. The van der Waals surface area contributed by atoms with Crippen LogP contribution in [-0.2, 0) is 4.74 Å². The van der Waals surface area contributed by atoms with Crippen LogP contribution in [0.4, 0.5) is 0 Å². The zero-order chi connectivity index (χ0) is 19.5. The second-order valence-electron chi connectivity index (χ2n) is 6.52. The molecule has 0 atom stereocenters. The molecule has 0 bridgehead atoms. The third-order valence-corrected chi connectivity index (χ3v) is 4.85. The van der Waals surface area contributed by atoms with Crippen molar-refractivity contribution in [2.45, 2.75) is 0 Å². The van der Waals surface area contributed by atoms with Crippen LogP contribution in [0, 0.1) is 0 Å². The molecule has 4 heteroatoms. The van der Waals surface area contributed by atoms with Gasteiger partial charge in [0.25, 0.3) is 0 Å². The number of carboxylic acids is 1. The van der Waals surface area contributed by atoms with Gasteiger partial charge in [-0.1, -0.05) is 60.7 Å². The topological polar surface area (TPSA) is 55.8 Å². The molecule has 0 radical (unpaired) electrons. The van der Waals surface area contributed by atoms with Crippen molar-refractivity contribution in [2.24, 2.45) is 0 Å². The fourth-order valence-corrected chi connectivity index (χ4v) is 3.58. The lowest BCUT2D eigenvalue weighted by Crippen LogP contribution is -2.07. The third kappa shape index (κ3) is 3.19. The first kappa shape index (κ1) is 18.0.